The van der Waals surface area contributed by atoms with Gasteiger partial charge in [-0.3, -0.25) is 4.79 Å². The lowest BCUT2D eigenvalue weighted by Gasteiger charge is -2.08. The minimum Gasteiger partial charge on any atom is -0.507 e. The van der Waals surface area contributed by atoms with Gasteiger partial charge in [-0.15, -0.1) is 0 Å². The van der Waals surface area contributed by atoms with Gasteiger partial charge < -0.3 is 10.4 Å². The molecule has 1 rings (SSSR count). The Hall–Kier alpha value is -1.03. The molecule has 3 nitrogen and oxygen atoms in total. The fourth-order valence-electron chi connectivity index (χ4n) is 1.50. The van der Waals surface area contributed by atoms with Crippen molar-refractivity contribution in [2.45, 2.75) is 26.7 Å². The van der Waals surface area contributed by atoms with E-state index in [0.29, 0.717) is 18.0 Å². The summed E-state index contributed by atoms with van der Waals surface area (Å²) in [6, 6.07) is 4.86. The number of carbonyl (C=O) groups excluding carboxylic acids is 1. The van der Waals surface area contributed by atoms with Crippen molar-refractivity contribution >= 4 is 21.8 Å². The quantitative estimate of drug-likeness (QED) is 0.820. The molecular weight excluding hydrogens is 282 g/mol. The number of carbonyl (C=O) groups is 1. The highest BCUT2D eigenvalue weighted by molar-refractivity contribution is 9.10. The van der Waals surface area contributed by atoms with E-state index in [0.717, 1.165) is 17.3 Å². The number of hydrogen-bond acceptors (Lipinski definition) is 2. The number of rotatable bonds is 5. The first-order valence-corrected chi connectivity index (χ1v) is 6.56. The Bertz CT molecular complexity index is 391. The maximum Gasteiger partial charge on any atom is 0.255 e. The summed E-state index contributed by atoms with van der Waals surface area (Å²) in [5.41, 5.74) is 0.317. The molecular formula is C13H18BrNO2. The predicted octanol–water partition coefficient (Wildman–Crippen LogP) is 3.32. The van der Waals surface area contributed by atoms with Crippen LogP contribution in [0.25, 0.3) is 0 Å². The molecule has 0 radical (unpaired) electrons. The summed E-state index contributed by atoms with van der Waals surface area (Å²) < 4.78 is 0.756. The summed E-state index contributed by atoms with van der Waals surface area (Å²) in [7, 11) is 0. The van der Waals surface area contributed by atoms with Gasteiger partial charge in [0.25, 0.3) is 5.91 Å². The minimum atomic E-state index is -0.223. The van der Waals surface area contributed by atoms with Gasteiger partial charge >= 0.3 is 0 Å². The second-order valence-electron chi connectivity index (χ2n) is 4.45. The van der Waals surface area contributed by atoms with Gasteiger partial charge in [0.15, 0.2) is 0 Å². The van der Waals surface area contributed by atoms with Crippen LogP contribution in [0.2, 0.25) is 0 Å². The summed E-state index contributed by atoms with van der Waals surface area (Å²) in [5, 5.41) is 12.4. The van der Waals surface area contributed by atoms with Crippen LogP contribution in [0.5, 0.6) is 5.75 Å². The van der Waals surface area contributed by atoms with Gasteiger partial charge in [-0.2, -0.15) is 0 Å². The van der Waals surface area contributed by atoms with Crippen LogP contribution in [0.3, 0.4) is 0 Å². The van der Waals surface area contributed by atoms with Gasteiger partial charge in [0.2, 0.25) is 0 Å². The Labute approximate surface area is 110 Å². The monoisotopic (exact) mass is 299 g/mol. The molecule has 0 aliphatic heterocycles. The lowest BCUT2D eigenvalue weighted by atomic mass is 10.1. The van der Waals surface area contributed by atoms with E-state index in [1.54, 1.807) is 12.1 Å². The van der Waals surface area contributed by atoms with Crippen LogP contribution >= 0.6 is 15.9 Å². The van der Waals surface area contributed by atoms with Crippen LogP contribution < -0.4 is 5.32 Å². The maximum absolute atomic E-state index is 11.7. The average molecular weight is 300 g/mol. The lowest BCUT2D eigenvalue weighted by molar-refractivity contribution is 0.0950. The van der Waals surface area contributed by atoms with Crippen LogP contribution in [0, 0.1) is 5.92 Å². The Morgan fingerprint density at radius 3 is 2.76 bits per heavy atom. The Balaban J connectivity index is 2.47. The summed E-state index contributed by atoms with van der Waals surface area (Å²) in [6.07, 6.45) is 2.05. The Morgan fingerprint density at radius 1 is 1.47 bits per heavy atom. The zero-order valence-corrected chi connectivity index (χ0v) is 11.8. The van der Waals surface area contributed by atoms with Gasteiger partial charge in [0.05, 0.1) is 5.56 Å². The fraction of sp³-hybridized carbons (Fsp3) is 0.462. The molecule has 0 unspecified atom stereocenters. The molecule has 0 saturated heterocycles. The molecule has 2 N–H and O–H groups in total. The van der Waals surface area contributed by atoms with E-state index in [4.69, 9.17) is 0 Å². The summed E-state index contributed by atoms with van der Waals surface area (Å²) in [6.45, 7) is 4.96. The van der Waals surface area contributed by atoms with Gasteiger partial charge in [-0.1, -0.05) is 29.8 Å². The molecule has 0 heterocycles. The molecule has 0 bridgehead atoms. The summed E-state index contributed by atoms with van der Waals surface area (Å²) in [5.74, 6) is 0.424. The largest absolute Gasteiger partial charge is 0.507 e. The van der Waals surface area contributed by atoms with Crippen LogP contribution in [-0.4, -0.2) is 17.6 Å². The molecule has 17 heavy (non-hydrogen) atoms. The first-order valence-electron chi connectivity index (χ1n) is 5.77. The molecule has 1 amide bonds. The molecule has 0 aliphatic rings. The number of phenols is 1. The van der Waals surface area contributed by atoms with Crippen molar-refractivity contribution in [2.24, 2.45) is 5.92 Å². The van der Waals surface area contributed by atoms with Crippen molar-refractivity contribution in [2.75, 3.05) is 6.54 Å². The second kappa shape index (κ2) is 6.64. The fourth-order valence-corrected chi connectivity index (χ4v) is 1.85. The minimum absolute atomic E-state index is 0.000680. The number of hydrogen-bond donors (Lipinski definition) is 2. The third-order valence-corrected chi connectivity index (χ3v) is 2.94. The molecule has 0 saturated carbocycles. The topological polar surface area (TPSA) is 49.3 Å². The zero-order valence-electron chi connectivity index (χ0n) is 10.2. The second-order valence-corrected chi connectivity index (χ2v) is 5.37. The first kappa shape index (κ1) is 14.0. The SMILES string of the molecule is CC(C)CCCNC(=O)c1ccc(Br)cc1O. The standard InChI is InChI=1S/C13H18BrNO2/c1-9(2)4-3-7-15-13(17)11-6-5-10(14)8-12(11)16/h5-6,8-9,16H,3-4,7H2,1-2H3,(H,15,17). The Morgan fingerprint density at radius 2 is 2.18 bits per heavy atom. The molecule has 1 aromatic rings. The van der Waals surface area contributed by atoms with Crippen LogP contribution in [-0.2, 0) is 0 Å². The smallest absolute Gasteiger partial charge is 0.255 e. The van der Waals surface area contributed by atoms with E-state index in [9.17, 15) is 9.90 Å². The average Bonchev–Trinajstić information content (AvgIpc) is 2.23. The molecule has 0 aliphatic carbocycles. The van der Waals surface area contributed by atoms with E-state index in [1.807, 2.05) is 0 Å². The number of benzene rings is 1. The number of phenolic OH excluding ortho intramolecular Hbond substituents is 1. The number of nitrogens with one attached hydrogen (secondary N) is 1. The molecule has 0 fully saturated rings. The van der Waals surface area contributed by atoms with Crippen molar-refractivity contribution in [1.29, 1.82) is 0 Å². The molecule has 0 spiro atoms. The van der Waals surface area contributed by atoms with E-state index in [1.165, 1.54) is 6.07 Å². The first-order chi connectivity index (χ1) is 8.00. The maximum atomic E-state index is 11.7. The highest BCUT2D eigenvalue weighted by Gasteiger charge is 2.10. The van der Waals surface area contributed by atoms with Crippen molar-refractivity contribution in [1.82, 2.24) is 5.32 Å². The van der Waals surface area contributed by atoms with Gasteiger partial charge in [0, 0.05) is 11.0 Å². The Kier molecular flexibility index (Phi) is 5.48. The number of halogens is 1. The van der Waals surface area contributed by atoms with E-state index < -0.39 is 0 Å². The summed E-state index contributed by atoms with van der Waals surface area (Å²) >= 11 is 3.23. The van der Waals surface area contributed by atoms with Gasteiger partial charge in [-0.25, -0.2) is 0 Å². The normalized spacial score (nSPS) is 10.6. The number of amides is 1. The number of aromatic hydroxyl groups is 1. The van der Waals surface area contributed by atoms with Crippen molar-refractivity contribution in [3.05, 3.63) is 28.2 Å². The van der Waals surface area contributed by atoms with E-state index in [2.05, 4.69) is 35.1 Å². The summed E-state index contributed by atoms with van der Waals surface area (Å²) in [4.78, 5) is 11.7. The van der Waals surface area contributed by atoms with Crippen LogP contribution in [0.1, 0.15) is 37.0 Å². The van der Waals surface area contributed by atoms with Crippen LogP contribution in [0.15, 0.2) is 22.7 Å². The van der Waals surface area contributed by atoms with Gasteiger partial charge in [0.1, 0.15) is 5.75 Å². The zero-order chi connectivity index (χ0) is 12.8. The lowest BCUT2D eigenvalue weighted by Crippen LogP contribution is -2.24. The molecule has 0 aromatic heterocycles. The van der Waals surface area contributed by atoms with Crippen molar-refractivity contribution in [3.8, 4) is 5.75 Å². The third kappa shape index (κ3) is 4.77. The van der Waals surface area contributed by atoms with E-state index in [-0.39, 0.29) is 11.7 Å². The molecule has 94 valence electrons. The predicted molar refractivity (Wildman–Crippen MR) is 72.2 cm³/mol. The molecule has 4 heteroatoms. The van der Waals surface area contributed by atoms with E-state index >= 15 is 0 Å². The highest BCUT2D eigenvalue weighted by Crippen LogP contribution is 2.22. The van der Waals surface area contributed by atoms with Crippen LogP contribution in [0.4, 0.5) is 0 Å². The van der Waals surface area contributed by atoms with Gasteiger partial charge in [-0.05, 0) is 37.0 Å². The third-order valence-electron chi connectivity index (χ3n) is 2.45. The molecule has 1 aromatic carbocycles. The van der Waals surface area contributed by atoms with Crippen molar-refractivity contribution in [3.63, 3.8) is 0 Å². The van der Waals surface area contributed by atoms with Crippen molar-refractivity contribution < 1.29 is 9.90 Å². The molecule has 0 atom stereocenters. The highest BCUT2D eigenvalue weighted by atomic mass is 79.9.